The number of nitrogens with one attached hydrogen (secondary N) is 1. The summed E-state index contributed by atoms with van der Waals surface area (Å²) in [5, 5.41) is 12.1. The first-order valence-electron chi connectivity index (χ1n) is 6.56. The first-order valence-corrected chi connectivity index (χ1v) is 6.94. The number of hydrogen-bond donors (Lipinski definition) is 1. The molecule has 1 aromatic carbocycles. The van der Waals surface area contributed by atoms with Gasteiger partial charge in [0.2, 0.25) is 0 Å². The molecule has 5 nitrogen and oxygen atoms in total. The van der Waals surface area contributed by atoms with Gasteiger partial charge in [-0.3, -0.25) is 4.68 Å². The van der Waals surface area contributed by atoms with Crippen LogP contribution >= 0.6 is 11.6 Å². The van der Waals surface area contributed by atoms with Gasteiger partial charge in [-0.15, -0.1) is 0 Å². The monoisotopic (exact) mass is 302 g/mol. The van der Waals surface area contributed by atoms with Crippen LogP contribution < -0.4 is 5.32 Å². The van der Waals surface area contributed by atoms with Gasteiger partial charge in [-0.25, -0.2) is 0 Å². The smallest absolute Gasteiger partial charge is 0.156 e. The lowest BCUT2D eigenvalue weighted by Crippen LogP contribution is -1.99. The van der Waals surface area contributed by atoms with Crippen LogP contribution in [0.5, 0.6) is 0 Å². The van der Waals surface area contributed by atoms with Gasteiger partial charge in [-0.1, -0.05) is 22.8 Å². The fourth-order valence-electron chi connectivity index (χ4n) is 2.04. The number of anilines is 1. The van der Waals surface area contributed by atoms with Gasteiger partial charge in [0.05, 0.1) is 23.5 Å². The van der Waals surface area contributed by atoms with Gasteiger partial charge < -0.3 is 9.84 Å². The zero-order valence-corrected chi connectivity index (χ0v) is 12.6. The molecule has 0 unspecified atom stereocenters. The topological polar surface area (TPSA) is 55.9 Å². The molecule has 0 atom stereocenters. The number of nitrogens with zero attached hydrogens (tertiary/aromatic N) is 3. The Morgan fingerprint density at radius 1 is 1.33 bits per heavy atom. The molecule has 0 saturated carbocycles. The molecule has 0 aliphatic rings. The number of aromatic nitrogens is 3. The van der Waals surface area contributed by atoms with Gasteiger partial charge in [0.25, 0.3) is 0 Å². The average Bonchev–Trinajstić information content (AvgIpc) is 3.08. The van der Waals surface area contributed by atoms with Crippen molar-refractivity contribution in [3.05, 3.63) is 53.0 Å². The van der Waals surface area contributed by atoms with E-state index in [1.54, 1.807) is 10.9 Å². The molecule has 108 valence electrons. The molecule has 2 heterocycles. The lowest BCUT2D eigenvalue weighted by molar-refractivity contribution is 0.390. The second-order valence-electron chi connectivity index (χ2n) is 4.92. The van der Waals surface area contributed by atoms with Gasteiger partial charge in [0, 0.05) is 24.9 Å². The molecule has 2 aromatic heterocycles. The zero-order valence-electron chi connectivity index (χ0n) is 11.8. The van der Waals surface area contributed by atoms with Gasteiger partial charge in [0.15, 0.2) is 5.76 Å². The number of hydrogen-bond acceptors (Lipinski definition) is 4. The van der Waals surface area contributed by atoms with Crippen molar-refractivity contribution in [3.63, 3.8) is 0 Å². The van der Waals surface area contributed by atoms with E-state index in [2.05, 4.69) is 15.6 Å². The third-order valence-corrected chi connectivity index (χ3v) is 3.46. The highest BCUT2D eigenvalue weighted by Gasteiger charge is 2.09. The van der Waals surface area contributed by atoms with Crippen molar-refractivity contribution in [1.29, 1.82) is 0 Å². The Kier molecular flexibility index (Phi) is 3.66. The van der Waals surface area contributed by atoms with Crippen molar-refractivity contribution in [2.45, 2.75) is 13.5 Å². The van der Waals surface area contributed by atoms with Crippen molar-refractivity contribution < 1.29 is 4.52 Å². The Labute approximate surface area is 127 Å². The largest absolute Gasteiger partial charge is 0.376 e. The van der Waals surface area contributed by atoms with Gasteiger partial charge in [-0.2, -0.15) is 5.10 Å². The molecule has 0 aliphatic heterocycles. The van der Waals surface area contributed by atoms with Crippen molar-refractivity contribution in [2.24, 2.45) is 7.05 Å². The molecule has 0 fully saturated rings. The van der Waals surface area contributed by atoms with Gasteiger partial charge in [-0.05, 0) is 24.6 Å². The minimum atomic E-state index is 0.524. The molecule has 0 saturated heterocycles. The number of rotatable bonds is 4. The Hall–Kier alpha value is -2.27. The highest BCUT2D eigenvalue weighted by molar-refractivity contribution is 6.33. The minimum absolute atomic E-state index is 0.524. The van der Waals surface area contributed by atoms with Crippen LogP contribution in [-0.4, -0.2) is 14.9 Å². The molecule has 0 spiro atoms. The first-order chi connectivity index (χ1) is 10.1. The molecule has 0 radical (unpaired) electrons. The van der Waals surface area contributed by atoms with Crippen LogP contribution in [0, 0.1) is 6.92 Å². The molecular formula is C15H15ClN4O. The van der Waals surface area contributed by atoms with Crippen molar-refractivity contribution in [1.82, 2.24) is 14.9 Å². The second kappa shape index (κ2) is 5.61. The van der Waals surface area contributed by atoms with E-state index in [-0.39, 0.29) is 0 Å². The molecule has 0 aliphatic carbocycles. The third kappa shape index (κ3) is 3.08. The Bertz CT molecular complexity index is 763. The maximum atomic E-state index is 6.15. The Balaban J connectivity index is 1.71. The normalized spacial score (nSPS) is 10.8. The van der Waals surface area contributed by atoms with Crippen molar-refractivity contribution in [3.8, 4) is 11.3 Å². The summed E-state index contributed by atoms with van der Waals surface area (Å²) in [4.78, 5) is 0. The summed E-state index contributed by atoms with van der Waals surface area (Å²) in [7, 11) is 1.87. The quantitative estimate of drug-likeness (QED) is 0.799. The fraction of sp³-hybridized carbons (Fsp3) is 0.200. The predicted octanol–water partition coefficient (Wildman–Crippen LogP) is 3.65. The zero-order chi connectivity index (χ0) is 14.8. The van der Waals surface area contributed by atoms with E-state index >= 15 is 0 Å². The lowest BCUT2D eigenvalue weighted by atomic mass is 10.2. The molecule has 1 N–H and O–H groups in total. The molecule has 0 amide bonds. The summed E-state index contributed by atoms with van der Waals surface area (Å²) in [6.07, 6.45) is 3.65. The van der Waals surface area contributed by atoms with E-state index in [0.717, 1.165) is 28.3 Å². The number of halogens is 1. The summed E-state index contributed by atoms with van der Waals surface area (Å²) in [6.45, 7) is 2.55. The third-order valence-electron chi connectivity index (χ3n) is 3.13. The minimum Gasteiger partial charge on any atom is -0.376 e. The SMILES string of the molecule is Cc1ccc(Cl)c(NCc2cc(-c3cnn(C)c3)no2)c1. The van der Waals surface area contributed by atoms with Crippen molar-refractivity contribution in [2.75, 3.05) is 5.32 Å². The number of benzene rings is 1. The van der Waals surface area contributed by atoms with Crippen LogP contribution in [0.2, 0.25) is 5.02 Å². The first kappa shape index (κ1) is 13.7. The number of aryl methyl sites for hydroxylation is 2. The van der Waals surface area contributed by atoms with E-state index in [0.29, 0.717) is 11.6 Å². The molecule has 3 aromatic rings. The van der Waals surface area contributed by atoms with E-state index in [1.165, 1.54) is 0 Å². The van der Waals surface area contributed by atoms with Crippen LogP contribution in [0.1, 0.15) is 11.3 Å². The summed E-state index contributed by atoms with van der Waals surface area (Å²) >= 11 is 6.15. The van der Waals surface area contributed by atoms with Crippen LogP contribution in [0.25, 0.3) is 11.3 Å². The van der Waals surface area contributed by atoms with Crippen LogP contribution in [0.4, 0.5) is 5.69 Å². The second-order valence-corrected chi connectivity index (χ2v) is 5.33. The maximum absolute atomic E-state index is 6.15. The summed E-state index contributed by atoms with van der Waals surface area (Å²) in [6, 6.07) is 7.75. The highest BCUT2D eigenvalue weighted by atomic mass is 35.5. The highest BCUT2D eigenvalue weighted by Crippen LogP contribution is 2.24. The van der Waals surface area contributed by atoms with E-state index < -0.39 is 0 Å². The van der Waals surface area contributed by atoms with E-state index in [4.69, 9.17) is 16.1 Å². The summed E-state index contributed by atoms with van der Waals surface area (Å²) in [5.74, 6) is 0.742. The fourth-order valence-corrected chi connectivity index (χ4v) is 2.23. The Morgan fingerprint density at radius 3 is 2.95 bits per heavy atom. The summed E-state index contributed by atoms with van der Waals surface area (Å²) < 4.78 is 7.06. The predicted molar refractivity (Wildman–Crippen MR) is 82.2 cm³/mol. The molecule has 0 bridgehead atoms. The maximum Gasteiger partial charge on any atom is 0.156 e. The van der Waals surface area contributed by atoms with E-state index in [9.17, 15) is 0 Å². The van der Waals surface area contributed by atoms with Crippen LogP contribution in [0.15, 0.2) is 41.2 Å². The molecule has 6 heteroatoms. The van der Waals surface area contributed by atoms with E-state index in [1.807, 2.05) is 44.4 Å². The lowest BCUT2D eigenvalue weighted by Gasteiger charge is -2.07. The average molecular weight is 303 g/mol. The standard InChI is InChI=1S/C15H15ClN4O/c1-10-3-4-13(16)15(5-10)17-8-12-6-14(19-21-12)11-7-18-20(2)9-11/h3-7,9,17H,8H2,1-2H3. The van der Waals surface area contributed by atoms with Crippen LogP contribution in [0.3, 0.4) is 0 Å². The molecule has 3 rings (SSSR count). The Morgan fingerprint density at radius 2 is 2.19 bits per heavy atom. The van der Waals surface area contributed by atoms with Crippen molar-refractivity contribution >= 4 is 17.3 Å². The molecule has 21 heavy (non-hydrogen) atoms. The summed E-state index contributed by atoms with van der Waals surface area (Å²) in [5.41, 5.74) is 3.74. The molecular weight excluding hydrogens is 288 g/mol. The van der Waals surface area contributed by atoms with Crippen LogP contribution in [-0.2, 0) is 13.6 Å². The van der Waals surface area contributed by atoms with Gasteiger partial charge >= 0.3 is 0 Å². The van der Waals surface area contributed by atoms with Gasteiger partial charge in [0.1, 0.15) is 5.69 Å².